The van der Waals surface area contributed by atoms with Crippen molar-refractivity contribution >= 4 is 46.3 Å². The van der Waals surface area contributed by atoms with E-state index in [9.17, 15) is 24.8 Å². The van der Waals surface area contributed by atoms with Crippen LogP contribution in [0.4, 0.5) is 16.2 Å². The van der Waals surface area contributed by atoms with Crippen LogP contribution in [0.25, 0.3) is 11.0 Å². The van der Waals surface area contributed by atoms with E-state index in [-0.39, 0.29) is 43.3 Å². The molecule has 1 spiro atoms. The van der Waals surface area contributed by atoms with Crippen LogP contribution in [0.2, 0.25) is 0 Å². The third-order valence-corrected chi connectivity index (χ3v) is 12.9. The molecule has 69 heavy (non-hydrogen) atoms. The number of nitro benzene ring substituents is 1. The molecule has 3 aliphatic heterocycles. The van der Waals surface area contributed by atoms with Gasteiger partial charge in [-0.3, -0.25) is 29.4 Å². The SMILES string of the molecule is NC(=O)[C@@H]1[C@H]2C(=O)O[C@H](c3ccccc3)[C@H](c3ccccc3)N2[C@H](c2cccc(OCCO)c2)[C@@]12C(=O)N(C(=O)OCc1ccc([N+](=O)[O-])cc1)c1ccc(C#CCn3nnc4ccccc43)cc12. The first kappa shape index (κ1) is 44.1. The van der Waals surface area contributed by atoms with E-state index in [0.717, 1.165) is 10.4 Å². The first-order chi connectivity index (χ1) is 33.6. The highest BCUT2D eigenvalue weighted by Gasteiger charge is 2.75. The number of carbonyl (C=O) groups is 4. The summed E-state index contributed by atoms with van der Waals surface area (Å²) in [6, 6.07) is 39.2. The summed E-state index contributed by atoms with van der Waals surface area (Å²) in [7, 11) is 0. The van der Waals surface area contributed by atoms with E-state index in [1.165, 1.54) is 30.3 Å². The summed E-state index contributed by atoms with van der Waals surface area (Å²) >= 11 is 0. The van der Waals surface area contributed by atoms with Crippen molar-refractivity contribution in [1.29, 1.82) is 0 Å². The summed E-state index contributed by atoms with van der Waals surface area (Å²) in [5.41, 5.74) is 8.38. The number of para-hydroxylation sites is 1. The Kier molecular flexibility index (Phi) is 11.6. The monoisotopic (exact) mass is 923 g/mol. The Morgan fingerprint density at radius 2 is 1.55 bits per heavy atom. The lowest BCUT2D eigenvalue weighted by Gasteiger charge is -2.46. The van der Waals surface area contributed by atoms with Crippen molar-refractivity contribution in [3.63, 3.8) is 0 Å². The fourth-order valence-corrected chi connectivity index (χ4v) is 10.1. The van der Waals surface area contributed by atoms with E-state index in [4.69, 9.17) is 19.9 Å². The van der Waals surface area contributed by atoms with Gasteiger partial charge < -0.3 is 25.1 Å². The average Bonchev–Trinajstić information content (AvgIpc) is 4.01. The van der Waals surface area contributed by atoms with E-state index < -0.39 is 64.4 Å². The van der Waals surface area contributed by atoms with E-state index in [1.54, 1.807) is 41.1 Å². The van der Waals surface area contributed by atoms with E-state index in [1.807, 2.05) is 89.8 Å². The van der Waals surface area contributed by atoms with Crippen LogP contribution in [0.15, 0.2) is 152 Å². The normalized spacial score (nSPS) is 21.5. The molecule has 344 valence electrons. The number of carbonyl (C=O) groups excluding carboxylic acids is 4. The van der Waals surface area contributed by atoms with Gasteiger partial charge in [0, 0.05) is 17.7 Å². The zero-order chi connectivity index (χ0) is 47.8. The topological polar surface area (TPSA) is 223 Å². The van der Waals surface area contributed by atoms with Crippen molar-refractivity contribution in [2.24, 2.45) is 11.7 Å². The van der Waals surface area contributed by atoms with Crippen LogP contribution in [0.1, 0.15) is 51.6 Å². The predicted octanol–water partition coefficient (Wildman–Crippen LogP) is 6.25. The molecule has 1 aromatic heterocycles. The third kappa shape index (κ3) is 7.67. The number of hydrogen-bond acceptors (Lipinski definition) is 13. The molecule has 4 heterocycles. The van der Waals surface area contributed by atoms with Gasteiger partial charge in [-0.1, -0.05) is 102 Å². The summed E-state index contributed by atoms with van der Waals surface area (Å²) in [5, 5.41) is 29.6. The minimum Gasteiger partial charge on any atom is -0.491 e. The first-order valence-electron chi connectivity index (χ1n) is 22.0. The number of morpholine rings is 1. The van der Waals surface area contributed by atoms with Crippen LogP contribution >= 0.6 is 0 Å². The molecule has 2 fully saturated rings. The zero-order valence-electron chi connectivity index (χ0n) is 36.5. The Labute approximate surface area is 393 Å². The molecular formula is C52H41N7O10. The lowest BCUT2D eigenvalue weighted by atomic mass is 9.65. The minimum absolute atomic E-state index is 0.0505. The van der Waals surface area contributed by atoms with E-state index in [2.05, 4.69) is 22.2 Å². The molecule has 10 rings (SSSR count). The van der Waals surface area contributed by atoms with Crippen molar-refractivity contribution in [3.05, 3.63) is 195 Å². The summed E-state index contributed by atoms with van der Waals surface area (Å²) in [5.74, 6) is 2.20. The number of aromatic nitrogens is 3. The second-order valence-corrected chi connectivity index (χ2v) is 16.7. The quantitative estimate of drug-likeness (QED) is 0.0635. The van der Waals surface area contributed by atoms with Crippen molar-refractivity contribution in [3.8, 4) is 17.6 Å². The Morgan fingerprint density at radius 1 is 0.841 bits per heavy atom. The largest absolute Gasteiger partial charge is 0.491 e. The molecule has 17 heteroatoms. The summed E-state index contributed by atoms with van der Waals surface area (Å²) in [6.45, 7) is -0.605. The number of amides is 3. The summed E-state index contributed by atoms with van der Waals surface area (Å²) in [4.78, 5) is 74.0. The number of nitro groups is 1. The number of rotatable bonds is 11. The number of aliphatic hydroxyl groups excluding tert-OH is 1. The van der Waals surface area contributed by atoms with Crippen LogP contribution in [0.5, 0.6) is 5.75 Å². The maximum Gasteiger partial charge on any atom is 0.421 e. The standard InChI is InChI=1S/C52H41N7O10/c53-48(61)43-45-49(62)69-46(35-14-5-2-6-15-35)44(34-12-3-1-4-13-34)58(45)47(36-16-9-17-38(30-36)67-28-27-60)52(43)39-29-32(11-10-26-56-42-19-8-7-18-40(42)54-55-56)22-25-41(39)57(50(52)63)51(64)68-31-33-20-23-37(24-21-33)59(65)66/h1-9,12-25,29-30,43-47,60H,26-28,31H2,(H2,53,61)/t43-,44-,45-,46+,47+,52-/m0/s1. The molecule has 3 N–H and O–H groups in total. The molecule has 2 saturated heterocycles. The molecule has 6 atom stereocenters. The highest BCUT2D eigenvalue weighted by Crippen LogP contribution is 2.66. The number of anilines is 1. The Morgan fingerprint density at radius 3 is 2.28 bits per heavy atom. The second-order valence-electron chi connectivity index (χ2n) is 16.7. The Balaban J connectivity index is 1.19. The Bertz CT molecular complexity index is 3210. The maximum atomic E-state index is 16.2. The number of primary amides is 1. The third-order valence-electron chi connectivity index (χ3n) is 12.9. The number of hydrogen-bond donors (Lipinski definition) is 2. The van der Waals surface area contributed by atoms with Gasteiger partial charge in [-0.05, 0) is 82.4 Å². The number of nitrogens with zero attached hydrogens (tertiary/aromatic N) is 6. The molecule has 6 aromatic carbocycles. The van der Waals surface area contributed by atoms with Crippen molar-refractivity contribution in [1.82, 2.24) is 19.9 Å². The van der Waals surface area contributed by atoms with Gasteiger partial charge in [-0.15, -0.1) is 5.10 Å². The van der Waals surface area contributed by atoms with Crippen LogP contribution in [-0.4, -0.2) is 73.1 Å². The number of esters is 1. The lowest BCUT2D eigenvalue weighted by Crippen LogP contribution is -2.55. The van der Waals surface area contributed by atoms with Gasteiger partial charge in [0.05, 0.1) is 40.7 Å². The minimum atomic E-state index is -2.16. The average molecular weight is 924 g/mol. The van der Waals surface area contributed by atoms with Gasteiger partial charge in [-0.2, -0.15) is 0 Å². The van der Waals surface area contributed by atoms with Crippen molar-refractivity contribution in [2.75, 3.05) is 18.1 Å². The molecule has 0 aliphatic carbocycles. The lowest BCUT2D eigenvalue weighted by molar-refractivity contribution is -0.384. The number of benzene rings is 6. The van der Waals surface area contributed by atoms with Crippen LogP contribution in [0.3, 0.4) is 0 Å². The van der Waals surface area contributed by atoms with Gasteiger partial charge in [0.1, 0.15) is 48.6 Å². The van der Waals surface area contributed by atoms with Gasteiger partial charge in [-0.25, -0.2) is 14.4 Å². The highest BCUT2D eigenvalue weighted by molar-refractivity contribution is 6.23. The number of cyclic esters (lactones) is 1. The molecule has 0 radical (unpaired) electrons. The smallest absolute Gasteiger partial charge is 0.421 e. The first-order valence-corrected chi connectivity index (χ1v) is 22.0. The van der Waals surface area contributed by atoms with Gasteiger partial charge >= 0.3 is 12.1 Å². The highest BCUT2D eigenvalue weighted by atomic mass is 16.6. The van der Waals surface area contributed by atoms with Gasteiger partial charge in [0.25, 0.3) is 5.69 Å². The number of imide groups is 1. The molecule has 3 amide bonds. The maximum absolute atomic E-state index is 16.2. The molecule has 17 nitrogen and oxygen atoms in total. The van der Waals surface area contributed by atoms with Crippen LogP contribution in [-0.2, 0) is 42.4 Å². The predicted molar refractivity (Wildman–Crippen MR) is 248 cm³/mol. The number of fused-ring (bicyclic) bond motifs is 4. The van der Waals surface area contributed by atoms with Crippen molar-refractivity contribution < 1.29 is 43.4 Å². The number of nitrogens with two attached hydrogens (primary N) is 1. The summed E-state index contributed by atoms with van der Waals surface area (Å²) < 4.78 is 19.8. The molecular weight excluding hydrogens is 883 g/mol. The molecule has 3 aliphatic rings. The summed E-state index contributed by atoms with van der Waals surface area (Å²) in [6.07, 6.45) is -2.09. The molecule has 0 unspecified atom stereocenters. The Hall–Kier alpha value is -8.72. The zero-order valence-corrected chi connectivity index (χ0v) is 36.5. The number of aliphatic hydroxyl groups is 1. The molecule has 0 bridgehead atoms. The van der Waals surface area contributed by atoms with Gasteiger partial charge in [0.2, 0.25) is 11.8 Å². The van der Waals surface area contributed by atoms with Crippen molar-refractivity contribution in [2.45, 2.75) is 42.8 Å². The van der Waals surface area contributed by atoms with Crippen LogP contribution in [0, 0.1) is 27.9 Å². The van der Waals surface area contributed by atoms with E-state index in [0.29, 0.717) is 39.1 Å². The second kappa shape index (κ2) is 18.2. The van der Waals surface area contributed by atoms with E-state index >= 15 is 9.59 Å². The van der Waals surface area contributed by atoms with Gasteiger partial charge in [0.15, 0.2) is 0 Å². The molecule has 7 aromatic rings. The number of non-ortho nitro benzene ring substituents is 1. The fraction of sp³-hybridized carbons (Fsp3) is 0.192. The fourth-order valence-electron chi connectivity index (χ4n) is 10.1. The van der Waals surface area contributed by atoms with Crippen LogP contribution < -0.4 is 15.4 Å². The molecule has 0 saturated carbocycles. The number of ether oxygens (including phenoxy) is 3.